The fourth-order valence-electron chi connectivity index (χ4n) is 1.03. The van der Waals surface area contributed by atoms with E-state index < -0.39 is 0 Å². The summed E-state index contributed by atoms with van der Waals surface area (Å²) in [5.41, 5.74) is 1.32. The van der Waals surface area contributed by atoms with Crippen LogP contribution < -0.4 is 4.74 Å². The maximum absolute atomic E-state index is 5.66. The molecule has 0 spiro atoms. The molecule has 1 saturated carbocycles. The standard InChI is InChI=1S/C10H11IO/c1-7-2-3-9(6-10(7)11)12-8-4-5-8/h2-3,6,8H,4-5H2,1H3. The molecule has 64 valence electrons. The molecule has 12 heavy (non-hydrogen) atoms. The van der Waals surface area contributed by atoms with Crippen molar-refractivity contribution in [2.24, 2.45) is 0 Å². The molecule has 0 radical (unpaired) electrons. The Hall–Kier alpha value is -0.250. The highest BCUT2D eigenvalue weighted by Gasteiger charge is 2.23. The molecule has 0 aliphatic heterocycles. The second kappa shape index (κ2) is 3.24. The van der Waals surface area contributed by atoms with E-state index in [1.807, 2.05) is 0 Å². The lowest BCUT2D eigenvalue weighted by Crippen LogP contribution is -1.96. The van der Waals surface area contributed by atoms with Crippen LogP contribution in [0.3, 0.4) is 0 Å². The van der Waals surface area contributed by atoms with Crippen LogP contribution in [0.4, 0.5) is 0 Å². The summed E-state index contributed by atoms with van der Waals surface area (Å²) < 4.78 is 6.94. The Balaban J connectivity index is 2.15. The van der Waals surface area contributed by atoms with Crippen molar-refractivity contribution < 1.29 is 4.74 Å². The number of rotatable bonds is 2. The van der Waals surface area contributed by atoms with Crippen LogP contribution in [0.1, 0.15) is 18.4 Å². The predicted molar refractivity (Wildman–Crippen MR) is 57.5 cm³/mol. The minimum absolute atomic E-state index is 0.503. The molecule has 1 aromatic carbocycles. The first-order valence-corrected chi connectivity index (χ1v) is 5.26. The summed E-state index contributed by atoms with van der Waals surface area (Å²) in [6.07, 6.45) is 2.96. The van der Waals surface area contributed by atoms with Crippen LogP contribution >= 0.6 is 22.6 Å². The third-order valence-electron chi connectivity index (χ3n) is 1.97. The van der Waals surface area contributed by atoms with Crippen LogP contribution in [-0.4, -0.2) is 6.10 Å². The van der Waals surface area contributed by atoms with E-state index in [0.717, 1.165) is 5.75 Å². The Morgan fingerprint density at radius 3 is 2.75 bits per heavy atom. The molecule has 0 N–H and O–H groups in total. The van der Waals surface area contributed by atoms with Crippen molar-refractivity contribution in [3.8, 4) is 5.75 Å². The van der Waals surface area contributed by atoms with Gasteiger partial charge in [0.2, 0.25) is 0 Å². The number of hydrogen-bond acceptors (Lipinski definition) is 1. The summed E-state index contributed by atoms with van der Waals surface area (Å²) in [6, 6.07) is 6.27. The molecule has 2 rings (SSSR count). The van der Waals surface area contributed by atoms with Gasteiger partial charge in [-0.2, -0.15) is 0 Å². The fraction of sp³-hybridized carbons (Fsp3) is 0.400. The summed E-state index contributed by atoms with van der Waals surface area (Å²) >= 11 is 2.34. The molecule has 1 aliphatic carbocycles. The molecule has 0 heterocycles. The van der Waals surface area contributed by atoms with Crippen molar-refractivity contribution in [3.63, 3.8) is 0 Å². The quantitative estimate of drug-likeness (QED) is 0.753. The SMILES string of the molecule is Cc1ccc(OC2CC2)cc1I. The fourth-order valence-corrected chi connectivity index (χ4v) is 1.51. The summed E-state index contributed by atoms with van der Waals surface area (Å²) in [5.74, 6) is 1.02. The van der Waals surface area contributed by atoms with Crippen molar-refractivity contribution in [2.75, 3.05) is 0 Å². The van der Waals surface area contributed by atoms with Crippen molar-refractivity contribution >= 4 is 22.6 Å². The van der Waals surface area contributed by atoms with Gasteiger partial charge in [0.05, 0.1) is 6.10 Å². The minimum atomic E-state index is 0.503. The molecule has 0 bridgehead atoms. The summed E-state index contributed by atoms with van der Waals surface area (Å²) in [4.78, 5) is 0. The van der Waals surface area contributed by atoms with Crippen LogP contribution in [0.15, 0.2) is 18.2 Å². The van der Waals surface area contributed by atoms with Gasteiger partial charge in [0, 0.05) is 3.57 Å². The number of hydrogen-bond donors (Lipinski definition) is 0. The maximum Gasteiger partial charge on any atom is 0.120 e. The minimum Gasteiger partial charge on any atom is -0.490 e. The molecule has 2 heteroatoms. The van der Waals surface area contributed by atoms with Gasteiger partial charge < -0.3 is 4.74 Å². The molecule has 1 nitrogen and oxygen atoms in total. The molecule has 0 aromatic heterocycles. The van der Waals surface area contributed by atoms with E-state index in [0.29, 0.717) is 6.10 Å². The van der Waals surface area contributed by atoms with Gasteiger partial charge >= 0.3 is 0 Å². The van der Waals surface area contributed by atoms with Crippen LogP contribution in [0.25, 0.3) is 0 Å². The first-order chi connectivity index (χ1) is 5.75. The monoisotopic (exact) mass is 274 g/mol. The van der Waals surface area contributed by atoms with Crippen molar-refractivity contribution in [3.05, 3.63) is 27.3 Å². The van der Waals surface area contributed by atoms with E-state index in [1.165, 1.54) is 22.0 Å². The number of halogens is 1. The third kappa shape index (κ3) is 1.91. The Labute approximate surface area is 86.3 Å². The first-order valence-electron chi connectivity index (χ1n) is 4.18. The van der Waals surface area contributed by atoms with Gasteiger partial charge in [-0.3, -0.25) is 0 Å². The molecule has 0 unspecified atom stereocenters. The zero-order valence-electron chi connectivity index (χ0n) is 7.01. The average Bonchev–Trinajstić information content (AvgIpc) is 2.81. The van der Waals surface area contributed by atoms with Gasteiger partial charge in [0.1, 0.15) is 5.75 Å². The zero-order chi connectivity index (χ0) is 8.55. The van der Waals surface area contributed by atoms with E-state index in [9.17, 15) is 0 Å². The normalized spacial score (nSPS) is 16.2. The lowest BCUT2D eigenvalue weighted by molar-refractivity contribution is 0.303. The third-order valence-corrected chi connectivity index (χ3v) is 3.13. The predicted octanol–water partition coefficient (Wildman–Crippen LogP) is 3.14. The summed E-state index contributed by atoms with van der Waals surface area (Å²) in [6.45, 7) is 2.11. The van der Waals surface area contributed by atoms with Crippen LogP contribution in [-0.2, 0) is 0 Å². The van der Waals surface area contributed by atoms with Crippen LogP contribution in [0, 0.1) is 10.5 Å². The van der Waals surface area contributed by atoms with Gasteiger partial charge in [-0.15, -0.1) is 0 Å². The van der Waals surface area contributed by atoms with E-state index >= 15 is 0 Å². The van der Waals surface area contributed by atoms with Gasteiger partial charge in [-0.1, -0.05) is 6.07 Å². The lowest BCUT2D eigenvalue weighted by atomic mass is 10.2. The van der Waals surface area contributed by atoms with Gasteiger partial charge in [-0.25, -0.2) is 0 Å². The lowest BCUT2D eigenvalue weighted by Gasteiger charge is -2.05. The molecular formula is C10H11IO. The number of ether oxygens (including phenoxy) is 1. The van der Waals surface area contributed by atoms with E-state index in [2.05, 4.69) is 47.7 Å². The molecule has 0 saturated heterocycles. The van der Waals surface area contributed by atoms with Crippen molar-refractivity contribution in [1.82, 2.24) is 0 Å². The molecular weight excluding hydrogens is 263 g/mol. The summed E-state index contributed by atoms with van der Waals surface area (Å²) in [5, 5.41) is 0. The highest BCUT2D eigenvalue weighted by atomic mass is 127. The Bertz CT molecular complexity index is 292. The average molecular weight is 274 g/mol. The van der Waals surface area contributed by atoms with E-state index in [-0.39, 0.29) is 0 Å². The van der Waals surface area contributed by atoms with Gasteiger partial charge in [-0.05, 0) is 60.1 Å². The van der Waals surface area contributed by atoms with Crippen LogP contribution in [0.5, 0.6) is 5.75 Å². The largest absolute Gasteiger partial charge is 0.490 e. The smallest absolute Gasteiger partial charge is 0.120 e. The molecule has 1 fully saturated rings. The Morgan fingerprint density at radius 2 is 2.17 bits per heavy atom. The zero-order valence-corrected chi connectivity index (χ0v) is 9.17. The van der Waals surface area contributed by atoms with Crippen LogP contribution in [0.2, 0.25) is 0 Å². The second-order valence-corrected chi connectivity index (χ2v) is 4.39. The molecule has 1 aromatic rings. The molecule has 1 aliphatic rings. The molecule has 0 amide bonds. The van der Waals surface area contributed by atoms with Crippen molar-refractivity contribution in [2.45, 2.75) is 25.9 Å². The number of aryl methyl sites for hydroxylation is 1. The van der Waals surface area contributed by atoms with E-state index in [1.54, 1.807) is 0 Å². The highest BCUT2D eigenvalue weighted by molar-refractivity contribution is 14.1. The molecule has 0 atom stereocenters. The van der Waals surface area contributed by atoms with Gasteiger partial charge in [0.15, 0.2) is 0 Å². The topological polar surface area (TPSA) is 9.23 Å². The second-order valence-electron chi connectivity index (χ2n) is 3.23. The van der Waals surface area contributed by atoms with E-state index in [4.69, 9.17) is 4.74 Å². The Kier molecular flexibility index (Phi) is 2.26. The summed E-state index contributed by atoms with van der Waals surface area (Å²) in [7, 11) is 0. The Morgan fingerprint density at radius 1 is 1.42 bits per heavy atom. The highest BCUT2D eigenvalue weighted by Crippen LogP contribution is 2.28. The maximum atomic E-state index is 5.66. The number of benzene rings is 1. The van der Waals surface area contributed by atoms with Gasteiger partial charge in [0.25, 0.3) is 0 Å². The first kappa shape index (κ1) is 8.35. The van der Waals surface area contributed by atoms with Crippen molar-refractivity contribution in [1.29, 1.82) is 0 Å².